The van der Waals surface area contributed by atoms with Gasteiger partial charge in [0.15, 0.2) is 11.5 Å². The molecule has 8 heteroatoms. The van der Waals surface area contributed by atoms with E-state index in [2.05, 4.69) is 0 Å². The van der Waals surface area contributed by atoms with Gasteiger partial charge in [-0.2, -0.15) is 0 Å². The van der Waals surface area contributed by atoms with Crippen LogP contribution < -0.4 is 9.47 Å². The molecule has 2 aromatic carbocycles. The summed E-state index contributed by atoms with van der Waals surface area (Å²) >= 11 is 0. The van der Waals surface area contributed by atoms with Crippen LogP contribution in [0, 0.1) is 11.6 Å². The van der Waals surface area contributed by atoms with Crippen LogP contribution in [0.5, 0.6) is 11.5 Å². The highest BCUT2D eigenvalue weighted by atomic mass is 19.1. The molecule has 0 aliphatic carbocycles. The van der Waals surface area contributed by atoms with Gasteiger partial charge in [-0.25, -0.2) is 8.78 Å². The summed E-state index contributed by atoms with van der Waals surface area (Å²) in [7, 11) is 3.13. The first-order valence-corrected chi connectivity index (χ1v) is 9.66. The number of aryl methyl sites for hydroxylation is 1. The summed E-state index contributed by atoms with van der Waals surface area (Å²) in [6.45, 7) is 1.36. The van der Waals surface area contributed by atoms with Gasteiger partial charge in [0.1, 0.15) is 11.6 Å². The highest BCUT2D eigenvalue weighted by Crippen LogP contribution is 2.28. The molecule has 1 heterocycles. The Kier molecular flexibility index (Phi) is 6.87. The molecule has 1 saturated heterocycles. The Hall–Kier alpha value is -3.16. The first-order chi connectivity index (χ1) is 14.4. The molecule has 6 nitrogen and oxygen atoms in total. The number of halogens is 2. The second-order valence-corrected chi connectivity index (χ2v) is 6.99. The van der Waals surface area contributed by atoms with E-state index in [9.17, 15) is 18.4 Å². The van der Waals surface area contributed by atoms with Gasteiger partial charge >= 0.3 is 0 Å². The van der Waals surface area contributed by atoms with Crippen LogP contribution in [-0.4, -0.2) is 62.0 Å². The number of carbonyl (C=O) groups excluding carboxylic acids is 2. The molecule has 0 N–H and O–H groups in total. The summed E-state index contributed by atoms with van der Waals surface area (Å²) < 4.78 is 37.4. The summed E-state index contributed by atoms with van der Waals surface area (Å²) in [6.07, 6.45) is 0.884. The Morgan fingerprint density at radius 2 is 1.57 bits per heavy atom. The molecule has 160 valence electrons. The SMILES string of the molecule is COc1ccc(CCC(=O)N2CCN(C(=O)c3ccc(F)cc3F)CC2)cc1OC. The number of amides is 2. The van der Waals surface area contributed by atoms with Crippen LogP contribution in [0.4, 0.5) is 8.78 Å². The van der Waals surface area contributed by atoms with Gasteiger partial charge in [-0.15, -0.1) is 0 Å². The highest BCUT2D eigenvalue weighted by Gasteiger charge is 2.26. The first kappa shape index (κ1) is 21.5. The van der Waals surface area contributed by atoms with Crippen molar-refractivity contribution in [1.82, 2.24) is 9.80 Å². The number of rotatable bonds is 6. The fourth-order valence-electron chi connectivity index (χ4n) is 3.44. The van der Waals surface area contributed by atoms with Gasteiger partial charge < -0.3 is 19.3 Å². The second-order valence-electron chi connectivity index (χ2n) is 6.99. The van der Waals surface area contributed by atoms with Gasteiger partial charge in [0.05, 0.1) is 19.8 Å². The molecule has 2 aromatic rings. The van der Waals surface area contributed by atoms with E-state index in [0.29, 0.717) is 56.6 Å². The van der Waals surface area contributed by atoms with E-state index in [1.807, 2.05) is 12.1 Å². The molecular formula is C22H24F2N2O4. The van der Waals surface area contributed by atoms with Crippen molar-refractivity contribution in [2.24, 2.45) is 0 Å². The summed E-state index contributed by atoms with van der Waals surface area (Å²) in [6, 6.07) is 8.44. The van der Waals surface area contributed by atoms with Gasteiger partial charge in [-0.05, 0) is 36.2 Å². The van der Waals surface area contributed by atoms with E-state index >= 15 is 0 Å². The van der Waals surface area contributed by atoms with Crippen LogP contribution in [0.1, 0.15) is 22.3 Å². The van der Waals surface area contributed by atoms with Crippen LogP contribution in [0.15, 0.2) is 36.4 Å². The Balaban J connectivity index is 1.52. The predicted octanol–water partition coefficient (Wildman–Crippen LogP) is 2.90. The maximum atomic E-state index is 13.9. The van der Waals surface area contributed by atoms with Crippen LogP contribution in [0.3, 0.4) is 0 Å². The van der Waals surface area contributed by atoms with Crippen LogP contribution in [-0.2, 0) is 11.2 Å². The third-order valence-electron chi connectivity index (χ3n) is 5.16. The zero-order valence-corrected chi connectivity index (χ0v) is 17.0. The van der Waals surface area contributed by atoms with Crippen molar-refractivity contribution < 1.29 is 27.8 Å². The number of hydrogen-bond donors (Lipinski definition) is 0. The van der Waals surface area contributed by atoms with Crippen molar-refractivity contribution in [3.8, 4) is 11.5 Å². The minimum atomic E-state index is -0.881. The lowest BCUT2D eigenvalue weighted by Crippen LogP contribution is -2.50. The third kappa shape index (κ3) is 4.87. The van der Waals surface area contributed by atoms with E-state index in [1.165, 1.54) is 4.90 Å². The number of methoxy groups -OCH3 is 2. The Bertz CT molecular complexity index is 927. The summed E-state index contributed by atoms with van der Waals surface area (Å²) in [4.78, 5) is 28.2. The van der Waals surface area contributed by atoms with Gasteiger partial charge in [0, 0.05) is 38.7 Å². The lowest BCUT2D eigenvalue weighted by molar-refractivity contribution is -0.132. The van der Waals surface area contributed by atoms with Crippen LogP contribution in [0.2, 0.25) is 0 Å². The standard InChI is InChI=1S/C22H24F2N2O4/c1-29-19-7-3-15(13-20(19)30-2)4-8-21(27)25-9-11-26(12-10-25)22(28)17-6-5-16(23)14-18(17)24/h3,5-7,13-14H,4,8-12H2,1-2H3. The average molecular weight is 418 g/mol. The molecular weight excluding hydrogens is 394 g/mol. The van der Waals surface area contributed by atoms with Crippen molar-refractivity contribution in [1.29, 1.82) is 0 Å². The Morgan fingerprint density at radius 1 is 0.900 bits per heavy atom. The predicted molar refractivity (Wildman–Crippen MR) is 107 cm³/mol. The quantitative estimate of drug-likeness (QED) is 0.724. The molecule has 1 aliphatic rings. The van der Waals surface area contributed by atoms with Crippen molar-refractivity contribution in [3.05, 3.63) is 59.2 Å². The molecule has 1 fully saturated rings. The molecule has 0 spiro atoms. The molecule has 2 amide bonds. The van der Waals surface area contributed by atoms with E-state index in [4.69, 9.17) is 9.47 Å². The molecule has 0 atom stereocenters. The van der Waals surface area contributed by atoms with Crippen LogP contribution >= 0.6 is 0 Å². The largest absolute Gasteiger partial charge is 0.493 e. The smallest absolute Gasteiger partial charge is 0.256 e. The summed E-state index contributed by atoms with van der Waals surface area (Å²) in [5, 5.41) is 0. The fourth-order valence-corrected chi connectivity index (χ4v) is 3.44. The third-order valence-corrected chi connectivity index (χ3v) is 5.16. The molecule has 3 rings (SSSR count). The average Bonchev–Trinajstić information content (AvgIpc) is 2.77. The molecule has 0 aromatic heterocycles. The van der Waals surface area contributed by atoms with E-state index in [1.54, 1.807) is 25.2 Å². The maximum absolute atomic E-state index is 13.9. The minimum Gasteiger partial charge on any atom is -0.493 e. The van der Waals surface area contributed by atoms with Gasteiger partial charge in [0.25, 0.3) is 5.91 Å². The van der Waals surface area contributed by atoms with Gasteiger partial charge in [0.2, 0.25) is 5.91 Å². The lowest BCUT2D eigenvalue weighted by Gasteiger charge is -2.35. The molecule has 0 radical (unpaired) electrons. The summed E-state index contributed by atoms with van der Waals surface area (Å²) in [5.74, 6) is -0.870. The topological polar surface area (TPSA) is 59.1 Å². The lowest BCUT2D eigenvalue weighted by atomic mass is 10.1. The van der Waals surface area contributed by atoms with Crippen molar-refractivity contribution in [3.63, 3.8) is 0 Å². The molecule has 0 saturated carbocycles. The van der Waals surface area contributed by atoms with E-state index in [-0.39, 0.29) is 11.5 Å². The minimum absolute atomic E-state index is 0.00940. The number of ether oxygens (including phenoxy) is 2. The van der Waals surface area contributed by atoms with Crippen molar-refractivity contribution >= 4 is 11.8 Å². The Labute approximate surface area is 174 Å². The van der Waals surface area contributed by atoms with Gasteiger partial charge in [-0.1, -0.05) is 6.07 Å². The number of nitrogens with zero attached hydrogens (tertiary/aromatic N) is 2. The molecule has 30 heavy (non-hydrogen) atoms. The number of piperazine rings is 1. The first-order valence-electron chi connectivity index (χ1n) is 9.66. The normalized spacial score (nSPS) is 13.9. The van der Waals surface area contributed by atoms with E-state index in [0.717, 1.165) is 17.7 Å². The number of carbonyl (C=O) groups is 2. The van der Waals surface area contributed by atoms with Crippen molar-refractivity contribution in [2.45, 2.75) is 12.8 Å². The van der Waals surface area contributed by atoms with Crippen LogP contribution in [0.25, 0.3) is 0 Å². The highest BCUT2D eigenvalue weighted by molar-refractivity contribution is 5.94. The number of benzene rings is 2. The maximum Gasteiger partial charge on any atom is 0.256 e. The second kappa shape index (κ2) is 9.56. The molecule has 0 unspecified atom stereocenters. The monoisotopic (exact) mass is 418 g/mol. The number of hydrogen-bond acceptors (Lipinski definition) is 4. The zero-order chi connectivity index (χ0) is 21.7. The Morgan fingerprint density at radius 3 is 2.20 bits per heavy atom. The van der Waals surface area contributed by atoms with Gasteiger partial charge in [-0.3, -0.25) is 9.59 Å². The zero-order valence-electron chi connectivity index (χ0n) is 17.0. The van der Waals surface area contributed by atoms with Crippen molar-refractivity contribution in [2.75, 3.05) is 40.4 Å². The fraction of sp³-hybridized carbons (Fsp3) is 0.364. The molecule has 1 aliphatic heterocycles. The van der Waals surface area contributed by atoms with E-state index < -0.39 is 17.5 Å². The summed E-state index contributed by atoms with van der Waals surface area (Å²) in [5.41, 5.74) is 0.797. The molecule has 0 bridgehead atoms.